The molecule has 122 valence electrons. The maximum Gasteiger partial charge on any atom is 0.117 e. The van der Waals surface area contributed by atoms with Crippen molar-refractivity contribution in [1.82, 2.24) is 9.47 Å². The monoisotopic (exact) mass is 330 g/mol. The average molecular weight is 331 g/mol. The van der Waals surface area contributed by atoms with Gasteiger partial charge >= 0.3 is 0 Å². The van der Waals surface area contributed by atoms with Crippen molar-refractivity contribution in [3.8, 4) is 11.1 Å². The van der Waals surface area contributed by atoms with Crippen molar-refractivity contribution in [3.05, 3.63) is 46.7 Å². The number of aryl methyl sites for hydroxylation is 1. The van der Waals surface area contributed by atoms with Crippen LogP contribution in [0.2, 0.25) is 5.15 Å². The number of ether oxygens (including phenoxy) is 1. The standard InChI is InChI=1S/C19H23ClN2O/c1-14-3-2-4-15(11-14)18-12-17-13-21(7-8-22(17)19(18)20)16-5-9-23-10-6-16/h2-4,11-12,16H,5-10,13H2,1H3. The Hall–Kier alpha value is -1.29. The van der Waals surface area contributed by atoms with Gasteiger partial charge in [0.25, 0.3) is 0 Å². The largest absolute Gasteiger partial charge is 0.381 e. The van der Waals surface area contributed by atoms with E-state index in [0.29, 0.717) is 6.04 Å². The van der Waals surface area contributed by atoms with E-state index in [-0.39, 0.29) is 0 Å². The Morgan fingerprint density at radius 3 is 2.74 bits per heavy atom. The number of nitrogens with zero attached hydrogens (tertiary/aromatic N) is 2. The Balaban J connectivity index is 1.61. The summed E-state index contributed by atoms with van der Waals surface area (Å²) in [6, 6.07) is 11.5. The molecular formula is C19H23ClN2O. The molecule has 23 heavy (non-hydrogen) atoms. The van der Waals surface area contributed by atoms with Gasteiger partial charge in [-0.2, -0.15) is 0 Å². The van der Waals surface area contributed by atoms with E-state index in [1.165, 1.54) is 22.4 Å². The minimum atomic E-state index is 0.661. The van der Waals surface area contributed by atoms with Crippen LogP contribution in [0.1, 0.15) is 24.1 Å². The summed E-state index contributed by atoms with van der Waals surface area (Å²) in [5.41, 5.74) is 4.99. The minimum Gasteiger partial charge on any atom is -0.381 e. The van der Waals surface area contributed by atoms with Crippen LogP contribution in [0.5, 0.6) is 0 Å². The third-order valence-corrected chi connectivity index (χ3v) is 5.54. The zero-order valence-corrected chi connectivity index (χ0v) is 14.4. The molecular weight excluding hydrogens is 308 g/mol. The fraction of sp³-hybridized carbons (Fsp3) is 0.474. The van der Waals surface area contributed by atoms with E-state index in [9.17, 15) is 0 Å². The highest BCUT2D eigenvalue weighted by Gasteiger charge is 2.27. The molecule has 0 radical (unpaired) electrons. The molecule has 1 saturated heterocycles. The molecule has 0 spiro atoms. The molecule has 0 aliphatic carbocycles. The van der Waals surface area contributed by atoms with Crippen LogP contribution in [0.4, 0.5) is 0 Å². The van der Waals surface area contributed by atoms with Crippen LogP contribution in [0.15, 0.2) is 30.3 Å². The summed E-state index contributed by atoms with van der Waals surface area (Å²) in [7, 11) is 0. The first kappa shape index (κ1) is 15.3. The molecule has 0 saturated carbocycles. The first-order chi connectivity index (χ1) is 11.2. The fourth-order valence-electron chi connectivity index (χ4n) is 3.84. The Morgan fingerprint density at radius 1 is 1.13 bits per heavy atom. The zero-order chi connectivity index (χ0) is 15.8. The van der Waals surface area contributed by atoms with Gasteiger partial charge in [0.1, 0.15) is 5.15 Å². The van der Waals surface area contributed by atoms with Crippen molar-refractivity contribution in [3.63, 3.8) is 0 Å². The third-order valence-electron chi connectivity index (χ3n) is 5.13. The molecule has 4 heteroatoms. The summed E-state index contributed by atoms with van der Waals surface area (Å²) in [6.07, 6.45) is 2.30. The summed E-state index contributed by atoms with van der Waals surface area (Å²) in [6.45, 7) is 6.99. The molecule has 4 rings (SSSR count). The first-order valence-corrected chi connectivity index (χ1v) is 8.87. The van der Waals surface area contributed by atoms with E-state index in [4.69, 9.17) is 16.3 Å². The number of rotatable bonds is 2. The highest BCUT2D eigenvalue weighted by Crippen LogP contribution is 2.34. The van der Waals surface area contributed by atoms with E-state index < -0.39 is 0 Å². The minimum absolute atomic E-state index is 0.661. The van der Waals surface area contributed by atoms with Gasteiger partial charge in [0.15, 0.2) is 0 Å². The number of halogens is 1. The van der Waals surface area contributed by atoms with E-state index >= 15 is 0 Å². The molecule has 2 aliphatic rings. The predicted octanol–water partition coefficient (Wildman–Crippen LogP) is 4.11. The van der Waals surface area contributed by atoms with Gasteiger partial charge < -0.3 is 9.30 Å². The first-order valence-electron chi connectivity index (χ1n) is 8.49. The number of hydrogen-bond acceptors (Lipinski definition) is 2. The molecule has 1 aromatic heterocycles. The van der Waals surface area contributed by atoms with Crippen molar-refractivity contribution >= 4 is 11.6 Å². The lowest BCUT2D eigenvalue weighted by atomic mass is 10.1. The molecule has 0 atom stereocenters. The summed E-state index contributed by atoms with van der Waals surface area (Å²) < 4.78 is 7.79. The fourth-order valence-corrected chi connectivity index (χ4v) is 4.20. The van der Waals surface area contributed by atoms with Crippen LogP contribution >= 0.6 is 11.6 Å². The molecule has 3 nitrogen and oxygen atoms in total. The van der Waals surface area contributed by atoms with Gasteiger partial charge in [-0.3, -0.25) is 4.90 Å². The van der Waals surface area contributed by atoms with E-state index in [1.807, 2.05) is 0 Å². The van der Waals surface area contributed by atoms with Crippen molar-refractivity contribution < 1.29 is 4.74 Å². The third kappa shape index (κ3) is 2.93. The maximum atomic E-state index is 6.69. The molecule has 0 amide bonds. The highest BCUT2D eigenvalue weighted by molar-refractivity contribution is 6.32. The molecule has 2 aliphatic heterocycles. The lowest BCUT2D eigenvalue weighted by Gasteiger charge is -2.37. The molecule has 0 bridgehead atoms. The Kier molecular flexibility index (Phi) is 4.18. The normalized spacial score (nSPS) is 19.7. The van der Waals surface area contributed by atoms with Crippen LogP contribution in [0.25, 0.3) is 11.1 Å². The molecule has 0 unspecified atom stereocenters. The van der Waals surface area contributed by atoms with Gasteiger partial charge in [0.2, 0.25) is 0 Å². The second-order valence-corrected chi connectivity index (χ2v) is 7.03. The van der Waals surface area contributed by atoms with Crippen molar-refractivity contribution in [1.29, 1.82) is 0 Å². The molecule has 2 aromatic rings. The molecule has 1 aromatic carbocycles. The summed E-state index contributed by atoms with van der Waals surface area (Å²) in [5, 5.41) is 0.886. The van der Waals surface area contributed by atoms with Crippen LogP contribution in [-0.2, 0) is 17.8 Å². The van der Waals surface area contributed by atoms with E-state index in [2.05, 4.69) is 46.7 Å². The lowest BCUT2D eigenvalue weighted by Crippen LogP contribution is -2.43. The van der Waals surface area contributed by atoms with Crippen molar-refractivity contribution in [2.24, 2.45) is 0 Å². The second kappa shape index (κ2) is 6.31. The van der Waals surface area contributed by atoms with Crippen molar-refractivity contribution in [2.75, 3.05) is 19.8 Å². The number of benzene rings is 1. The summed E-state index contributed by atoms with van der Waals surface area (Å²) in [4.78, 5) is 2.61. The molecule has 1 fully saturated rings. The van der Waals surface area contributed by atoms with Crippen LogP contribution in [0, 0.1) is 6.92 Å². The average Bonchev–Trinajstić information content (AvgIpc) is 2.92. The van der Waals surface area contributed by atoms with Crippen LogP contribution in [0.3, 0.4) is 0 Å². The number of hydrogen-bond donors (Lipinski definition) is 0. The zero-order valence-electron chi connectivity index (χ0n) is 13.6. The maximum absolute atomic E-state index is 6.69. The lowest BCUT2D eigenvalue weighted by molar-refractivity contribution is 0.0243. The van der Waals surface area contributed by atoms with Gasteiger partial charge in [-0.1, -0.05) is 41.4 Å². The smallest absolute Gasteiger partial charge is 0.117 e. The van der Waals surface area contributed by atoms with Crippen LogP contribution in [-0.4, -0.2) is 35.3 Å². The Labute approximate surface area is 142 Å². The van der Waals surface area contributed by atoms with Gasteiger partial charge in [-0.15, -0.1) is 0 Å². The Bertz CT molecular complexity index is 703. The SMILES string of the molecule is Cc1cccc(-c2cc3n(c2Cl)CCN(C2CCOCC2)C3)c1. The van der Waals surface area contributed by atoms with Gasteiger partial charge in [0.05, 0.1) is 0 Å². The van der Waals surface area contributed by atoms with Gasteiger partial charge in [-0.25, -0.2) is 0 Å². The van der Waals surface area contributed by atoms with Crippen LogP contribution < -0.4 is 0 Å². The molecule has 0 N–H and O–H groups in total. The van der Waals surface area contributed by atoms with Gasteiger partial charge in [-0.05, 0) is 31.4 Å². The predicted molar refractivity (Wildman–Crippen MR) is 93.9 cm³/mol. The number of aromatic nitrogens is 1. The topological polar surface area (TPSA) is 17.4 Å². The summed E-state index contributed by atoms with van der Waals surface area (Å²) >= 11 is 6.69. The highest BCUT2D eigenvalue weighted by atomic mass is 35.5. The summed E-state index contributed by atoms with van der Waals surface area (Å²) in [5.74, 6) is 0. The second-order valence-electron chi connectivity index (χ2n) is 6.68. The number of fused-ring (bicyclic) bond motifs is 1. The Morgan fingerprint density at radius 2 is 1.96 bits per heavy atom. The van der Waals surface area contributed by atoms with E-state index in [0.717, 1.165) is 50.8 Å². The van der Waals surface area contributed by atoms with Gasteiger partial charge in [0, 0.05) is 50.1 Å². The molecule has 3 heterocycles. The van der Waals surface area contributed by atoms with Crippen molar-refractivity contribution in [2.45, 2.75) is 38.9 Å². The van der Waals surface area contributed by atoms with E-state index in [1.54, 1.807) is 0 Å². The quantitative estimate of drug-likeness (QED) is 0.824.